The lowest BCUT2D eigenvalue weighted by Crippen LogP contribution is -2.42. The van der Waals surface area contributed by atoms with Crippen molar-refractivity contribution in [2.24, 2.45) is 0 Å². The second kappa shape index (κ2) is 7.27. The molecular weight excluding hydrogens is 385 g/mol. The molecular formula is C19H22INO. The van der Waals surface area contributed by atoms with Crippen molar-refractivity contribution in [1.82, 2.24) is 4.90 Å². The first-order chi connectivity index (χ1) is 10.4. The molecule has 0 radical (unpaired) electrons. The molecule has 0 fully saturated rings. The molecule has 2 nitrogen and oxygen atoms in total. The molecule has 22 heavy (non-hydrogen) atoms. The zero-order valence-electron chi connectivity index (χ0n) is 13.5. The summed E-state index contributed by atoms with van der Waals surface area (Å²) in [6.07, 6.45) is 0. The fourth-order valence-corrected chi connectivity index (χ4v) is 3.27. The number of rotatable bonds is 4. The molecule has 2 aromatic rings. The first kappa shape index (κ1) is 17.0. The fourth-order valence-electron chi connectivity index (χ4n) is 2.70. The predicted molar refractivity (Wildman–Crippen MR) is 101 cm³/mol. The quantitative estimate of drug-likeness (QED) is 0.637. The Kier molecular flexibility index (Phi) is 5.62. The third kappa shape index (κ3) is 3.69. The van der Waals surface area contributed by atoms with Gasteiger partial charge in [-0.15, -0.1) is 0 Å². The molecule has 0 N–H and O–H groups in total. The molecule has 0 aromatic heterocycles. The molecule has 0 aliphatic rings. The van der Waals surface area contributed by atoms with E-state index < -0.39 is 0 Å². The van der Waals surface area contributed by atoms with Crippen molar-refractivity contribution in [3.8, 4) is 11.1 Å². The van der Waals surface area contributed by atoms with Crippen LogP contribution in [0.15, 0.2) is 48.5 Å². The first-order valence-corrected chi connectivity index (χ1v) is 8.67. The molecule has 116 valence electrons. The van der Waals surface area contributed by atoms with Crippen LogP contribution >= 0.6 is 22.6 Å². The van der Waals surface area contributed by atoms with Gasteiger partial charge in [0, 0.05) is 15.7 Å². The van der Waals surface area contributed by atoms with Crippen molar-refractivity contribution in [1.29, 1.82) is 0 Å². The Labute approximate surface area is 146 Å². The lowest BCUT2D eigenvalue weighted by Gasteiger charge is -2.31. The highest BCUT2D eigenvalue weighted by atomic mass is 127. The Morgan fingerprint density at radius 1 is 0.909 bits per heavy atom. The monoisotopic (exact) mass is 407 g/mol. The van der Waals surface area contributed by atoms with E-state index >= 15 is 0 Å². The lowest BCUT2D eigenvalue weighted by molar-refractivity contribution is 0.0642. The summed E-state index contributed by atoms with van der Waals surface area (Å²) in [4.78, 5) is 14.9. The Balaban J connectivity index is 2.45. The van der Waals surface area contributed by atoms with Crippen LogP contribution in [0.25, 0.3) is 11.1 Å². The van der Waals surface area contributed by atoms with Gasteiger partial charge in [0.05, 0.1) is 5.56 Å². The molecule has 1 amide bonds. The summed E-state index contributed by atoms with van der Waals surface area (Å²) in [6, 6.07) is 16.6. The molecule has 0 spiro atoms. The molecule has 0 unspecified atom stereocenters. The number of nitrogens with zero attached hydrogens (tertiary/aromatic N) is 1. The second-order valence-corrected chi connectivity index (χ2v) is 7.12. The molecule has 3 heteroatoms. The van der Waals surface area contributed by atoms with Gasteiger partial charge < -0.3 is 4.90 Å². The van der Waals surface area contributed by atoms with Gasteiger partial charge in [-0.3, -0.25) is 4.79 Å². The van der Waals surface area contributed by atoms with Crippen LogP contribution in [-0.4, -0.2) is 22.9 Å². The Bertz CT molecular complexity index is 642. The van der Waals surface area contributed by atoms with E-state index in [0.29, 0.717) is 0 Å². The first-order valence-electron chi connectivity index (χ1n) is 7.59. The summed E-state index contributed by atoms with van der Waals surface area (Å²) in [5.74, 6) is 0.104. The number of benzene rings is 2. The average molecular weight is 407 g/mol. The zero-order valence-corrected chi connectivity index (χ0v) is 15.7. The van der Waals surface area contributed by atoms with Crippen molar-refractivity contribution in [3.63, 3.8) is 0 Å². The molecule has 0 heterocycles. The zero-order chi connectivity index (χ0) is 16.3. The number of hydrogen-bond donors (Lipinski definition) is 0. The van der Waals surface area contributed by atoms with Gasteiger partial charge in [-0.05, 0) is 73.5 Å². The van der Waals surface area contributed by atoms with E-state index in [1.165, 1.54) is 0 Å². The Morgan fingerprint density at radius 3 is 2.05 bits per heavy atom. The number of carbonyl (C=O) groups is 1. The van der Waals surface area contributed by atoms with Crippen LogP contribution in [0.4, 0.5) is 0 Å². The van der Waals surface area contributed by atoms with Gasteiger partial charge in [0.2, 0.25) is 0 Å². The SMILES string of the molecule is CC(C)N(C(=O)c1cc(-c2ccccc2)ccc1I)C(C)C. The van der Waals surface area contributed by atoms with Gasteiger partial charge in [0.1, 0.15) is 0 Å². The molecule has 2 rings (SSSR count). The van der Waals surface area contributed by atoms with Gasteiger partial charge in [0.15, 0.2) is 0 Å². The van der Waals surface area contributed by atoms with Crippen molar-refractivity contribution in [3.05, 3.63) is 57.7 Å². The largest absolute Gasteiger partial charge is 0.334 e. The molecule has 0 aliphatic heterocycles. The number of halogens is 1. The average Bonchev–Trinajstić information content (AvgIpc) is 2.47. The maximum Gasteiger partial charge on any atom is 0.255 e. The standard InChI is InChI=1S/C19H22INO/c1-13(2)21(14(3)4)19(22)17-12-16(10-11-18(17)20)15-8-6-5-7-9-15/h5-14H,1-4H3. The highest BCUT2D eigenvalue weighted by Crippen LogP contribution is 2.25. The van der Waals surface area contributed by atoms with E-state index in [1.807, 2.05) is 35.2 Å². The second-order valence-electron chi connectivity index (χ2n) is 5.96. The van der Waals surface area contributed by atoms with Crippen LogP contribution in [0.1, 0.15) is 38.1 Å². The minimum atomic E-state index is 0.104. The van der Waals surface area contributed by atoms with E-state index in [4.69, 9.17) is 0 Å². The van der Waals surface area contributed by atoms with Gasteiger partial charge >= 0.3 is 0 Å². The van der Waals surface area contributed by atoms with Gasteiger partial charge in [-0.25, -0.2) is 0 Å². The fraction of sp³-hybridized carbons (Fsp3) is 0.316. The number of hydrogen-bond acceptors (Lipinski definition) is 1. The van der Waals surface area contributed by atoms with E-state index in [9.17, 15) is 4.79 Å². The third-order valence-electron chi connectivity index (χ3n) is 3.65. The summed E-state index contributed by atoms with van der Waals surface area (Å²) < 4.78 is 0.994. The highest BCUT2D eigenvalue weighted by Gasteiger charge is 2.23. The molecule has 0 saturated heterocycles. The number of carbonyl (C=O) groups excluding carboxylic acids is 1. The van der Waals surface area contributed by atoms with Crippen LogP contribution < -0.4 is 0 Å². The topological polar surface area (TPSA) is 20.3 Å². The summed E-state index contributed by atoms with van der Waals surface area (Å²) >= 11 is 2.24. The maximum atomic E-state index is 13.0. The lowest BCUT2D eigenvalue weighted by atomic mass is 10.0. The smallest absolute Gasteiger partial charge is 0.255 e. The van der Waals surface area contributed by atoms with Crippen LogP contribution in [-0.2, 0) is 0 Å². The summed E-state index contributed by atoms with van der Waals surface area (Å²) in [6.45, 7) is 8.25. The highest BCUT2D eigenvalue weighted by molar-refractivity contribution is 14.1. The molecule has 2 aromatic carbocycles. The minimum absolute atomic E-state index is 0.104. The van der Waals surface area contributed by atoms with Crippen molar-refractivity contribution >= 4 is 28.5 Å². The van der Waals surface area contributed by atoms with Crippen LogP contribution in [0.3, 0.4) is 0 Å². The number of amides is 1. The van der Waals surface area contributed by atoms with E-state index in [2.05, 4.69) is 68.5 Å². The normalized spacial score (nSPS) is 11.0. The Morgan fingerprint density at radius 2 is 1.50 bits per heavy atom. The van der Waals surface area contributed by atoms with Crippen LogP contribution in [0.5, 0.6) is 0 Å². The summed E-state index contributed by atoms with van der Waals surface area (Å²) in [7, 11) is 0. The third-order valence-corrected chi connectivity index (χ3v) is 4.59. The van der Waals surface area contributed by atoms with Crippen LogP contribution in [0, 0.1) is 3.57 Å². The maximum absolute atomic E-state index is 13.0. The van der Waals surface area contributed by atoms with E-state index in [-0.39, 0.29) is 18.0 Å². The van der Waals surface area contributed by atoms with Crippen molar-refractivity contribution in [2.45, 2.75) is 39.8 Å². The Hall–Kier alpha value is -1.36. The van der Waals surface area contributed by atoms with E-state index in [0.717, 1.165) is 20.3 Å². The van der Waals surface area contributed by atoms with Crippen LogP contribution in [0.2, 0.25) is 0 Å². The molecule has 0 saturated carbocycles. The summed E-state index contributed by atoms with van der Waals surface area (Å²) in [5, 5.41) is 0. The van der Waals surface area contributed by atoms with Crippen molar-refractivity contribution < 1.29 is 4.79 Å². The molecule has 0 atom stereocenters. The minimum Gasteiger partial charge on any atom is -0.334 e. The van der Waals surface area contributed by atoms with Gasteiger partial charge in [-0.2, -0.15) is 0 Å². The molecule has 0 bridgehead atoms. The summed E-state index contributed by atoms with van der Waals surface area (Å²) in [5.41, 5.74) is 3.00. The van der Waals surface area contributed by atoms with Crippen molar-refractivity contribution in [2.75, 3.05) is 0 Å². The van der Waals surface area contributed by atoms with E-state index in [1.54, 1.807) is 0 Å². The van der Waals surface area contributed by atoms with Gasteiger partial charge in [0.25, 0.3) is 5.91 Å². The predicted octanol–water partition coefficient (Wildman–Crippen LogP) is 5.22. The molecule has 0 aliphatic carbocycles. The van der Waals surface area contributed by atoms with Gasteiger partial charge in [-0.1, -0.05) is 36.4 Å².